The summed E-state index contributed by atoms with van der Waals surface area (Å²) in [5.41, 5.74) is 1.05. The lowest BCUT2D eigenvalue weighted by molar-refractivity contribution is -0.139. The van der Waals surface area contributed by atoms with E-state index in [0.29, 0.717) is 23.8 Å². The Hall–Kier alpha value is -3.57. The molecule has 11 heteroatoms. The summed E-state index contributed by atoms with van der Waals surface area (Å²) in [4.78, 5) is 29.2. The lowest BCUT2D eigenvalue weighted by atomic mass is 9.95. The molecule has 1 saturated carbocycles. The van der Waals surface area contributed by atoms with E-state index in [9.17, 15) is 18.0 Å². The molecule has 0 saturated heterocycles. The van der Waals surface area contributed by atoms with Crippen molar-refractivity contribution in [3.63, 3.8) is 0 Å². The fraction of sp³-hybridized carbons (Fsp3) is 0.394. The van der Waals surface area contributed by atoms with Crippen molar-refractivity contribution in [3.05, 3.63) is 82.8 Å². The molecular weight excluding hydrogens is 646 g/mol. The number of anilines is 1. The summed E-state index contributed by atoms with van der Waals surface area (Å²) in [6.07, 6.45) is 5.06. The normalized spacial score (nSPS) is 14.4. The van der Waals surface area contributed by atoms with Crippen molar-refractivity contribution in [2.24, 2.45) is 0 Å². The lowest BCUT2D eigenvalue weighted by Gasteiger charge is -2.33. The van der Waals surface area contributed by atoms with E-state index in [1.807, 2.05) is 19.1 Å². The van der Waals surface area contributed by atoms with Crippen LogP contribution in [0.15, 0.2) is 82.2 Å². The Balaban J connectivity index is 1.69. The number of nitrogens with zero attached hydrogens (tertiary/aromatic N) is 2. The van der Waals surface area contributed by atoms with Crippen LogP contribution >= 0.6 is 15.9 Å². The van der Waals surface area contributed by atoms with E-state index >= 15 is 0 Å². The number of nitrogens with one attached hydrogen (secondary N) is 1. The number of methoxy groups -OCH3 is 1. The van der Waals surface area contributed by atoms with Gasteiger partial charge in [-0.15, -0.1) is 0 Å². The number of rotatable bonds is 13. The third-order valence-electron chi connectivity index (χ3n) is 7.72. The Labute approximate surface area is 268 Å². The number of carbonyl (C=O) groups is 2. The van der Waals surface area contributed by atoms with Gasteiger partial charge in [0.15, 0.2) is 0 Å². The first-order valence-electron chi connectivity index (χ1n) is 14.9. The van der Waals surface area contributed by atoms with E-state index in [4.69, 9.17) is 9.47 Å². The summed E-state index contributed by atoms with van der Waals surface area (Å²) in [6, 6.07) is 19.3. The maximum atomic E-state index is 14.2. The molecule has 1 N–H and O–H groups in total. The number of hydrogen-bond donors (Lipinski definition) is 1. The predicted octanol–water partition coefficient (Wildman–Crippen LogP) is 5.92. The van der Waals surface area contributed by atoms with Crippen molar-refractivity contribution >= 4 is 43.5 Å². The molecule has 0 radical (unpaired) electrons. The van der Waals surface area contributed by atoms with Crippen LogP contribution in [0.25, 0.3) is 0 Å². The van der Waals surface area contributed by atoms with Crippen LogP contribution in [0.4, 0.5) is 5.69 Å². The summed E-state index contributed by atoms with van der Waals surface area (Å²) in [5, 5.41) is 3.12. The highest BCUT2D eigenvalue weighted by molar-refractivity contribution is 9.10. The zero-order chi connectivity index (χ0) is 31.7. The van der Waals surface area contributed by atoms with E-state index in [0.717, 1.165) is 46.4 Å². The Morgan fingerprint density at radius 1 is 0.977 bits per heavy atom. The quantitative estimate of drug-likeness (QED) is 0.240. The van der Waals surface area contributed by atoms with Crippen LogP contribution in [-0.2, 0) is 26.2 Å². The van der Waals surface area contributed by atoms with E-state index in [-0.39, 0.29) is 23.4 Å². The van der Waals surface area contributed by atoms with E-state index in [1.54, 1.807) is 62.6 Å². The van der Waals surface area contributed by atoms with Crippen LogP contribution in [0.2, 0.25) is 0 Å². The molecule has 1 aliphatic carbocycles. The molecule has 1 fully saturated rings. The molecular formula is C33H40BrN3O6S. The van der Waals surface area contributed by atoms with Gasteiger partial charge in [-0.2, -0.15) is 0 Å². The second-order valence-corrected chi connectivity index (χ2v) is 13.6. The van der Waals surface area contributed by atoms with Crippen LogP contribution in [0.5, 0.6) is 11.5 Å². The Morgan fingerprint density at radius 2 is 1.66 bits per heavy atom. The van der Waals surface area contributed by atoms with Crippen molar-refractivity contribution in [2.75, 3.05) is 24.6 Å². The molecule has 3 aromatic rings. The Kier molecular flexibility index (Phi) is 11.7. The van der Waals surface area contributed by atoms with Gasteiger partial charge in [0.2, 0.25) is 11.8 Å². The van der Waals surface area contributed by atoms with Gasteiger partial charge in [0, 0.05) is 17.1 Å². The molecule has 2 amide bonds. The summed E-state index contributed by atoms with van der Waals surface area (Å²) in [5.74, 6) is 0.407. The van der Waals surface area contributed by atoms with Crippen molar-refractivity contribution < 1.29 is 27.5 Å². The molecule has 3 aromatic carbocycles. The van der Waals surface area contributed by atoms with E-state index < -0.39 is 28.5 Å². The van der Waals surface area contributed by atoms with Gasteiger partial charge in [-0.1, -0.05) is 47.3 Å². The molecule has 0 bridgehead atoms. The second kappa shape index (κ2) is 15.4. The van der Waals surface area contributed by atoms with Gasteiger partial charge in [-0.25, -0.2) is 8.42 Å². The first-order chi connectivity index (χ1) is 21.1. The highest BCUT2D eigenvalue weighted by atomic mass is 79.9. The van der Waals surface area contributed by atoms with Crippen molar-refractivity contribution in [1.82, 2.24) is 10.2 Å². The standard InChI is InChI=1S/C33H40BrN3O6S/c1-4-43-29-17-15-28(16-18-29)37(44(40,41)31-19-13-26(34)14-20-31)23-32(38)36(22-25-9-8-12-30(21-25)42-3)24(2)33(39)35-27-10-6-5-7-11-27/h8-9,12-21,24,27H,4-7,10-11,22-23H2,1-3H3,(H,35,39). The van der Waals surface area contributed by atoms with Gasteiger partial charge in [0.25, 0.3) is 10.0 Å². The maximum absolute atomic E-state index is 14.2. The number of ether oxygens (including phenoxy) is 2. The Bertz CT molecular complexity index is 1510. The third-order valence-corrected chi connectivity index (χ3v) is 10.0. The highest BCUT2D eigenvalue weighted by Crippen LogP contribution is 2.28. The lowest BCUT2D eigenvalue weighted by Crippen LogP contribution is -2.53. The zero-order valence-electron chi connectivity index (χ0n) is 25.4. The van der Waals surface area contributed by atoms with Gasteiger partial charge < -0.3 is 19.7 Å². The molecule has 0 heterocycles. The number of sulfonamides is 1. The van der Waals surface area contributed by atoms with Gasteiger partial charge in [0.05, 0.1) is 24.3 Å². The molecule has 1 unspecified atom stereocenters. The Morgan fingerprint density at radius 3 is 2.30 bits per heavy atom. The van der Waals surface area contributed by atoms with Crippen LogP contribution < -0.4 is 19.1 Å². The average molecular weight is 687 g/mol. The monoisotopic (exact) mass is 685 g/mol. The van der Waals surface area contributed by atoms with Gasteiger partial charge in [0.1, 0.15) is 24.1 Å². The van der Waals surface area contributed by atoms with Crippen molar-refractivity contribution in [2.45, 2.75) is 69.5 Å². The topological polar surface area (TPSA) is 105 Å². The average Bonchev–Trinajstić information content (AvgIpc) is 3.03. The fourth-order valence-corrected chi connectivity index (χ4v) is 6.94. The number of halogens is 1. The highest BCUT2D eigenvalue weighted by Gasteiger charge is 2.33. The first-order valence-corrected chi connectivity index (χ1v) is 17.1. The van der Waals surface area contributed by atoms with Crippen LogP contribution in [0.1, 0.15) is 51.5 Å². The number of carbonyl (C=O) groups excluding carboxylic acids is 2. The number of hydrogen-bond acceptors (Lipinski definition) is 6. The smallest absolute Gasteiger partial charge is 0.264 e. The van der Waals surface area contributed by atoms with Gasteiger partial charge in [-0.05, 0) is 92.9 Å². The molecule has 0 aliphatic heterocycles. The minimum Gasteiger partial charge on any atom is -0.497 e. The SMILES string of the molecule is CCOc1ccc(N(CC(=O)N(Cc2cccc(OC)c2)C(C)C(=O)NC2CCCCC2)S(=O)(=O)c2ccc(Br)cc2)cc1. The molecule has 1 aliphatic rings. The molecule has 236 valence electrons. The summed E-state index contributed by atoms with van der Waals surface area (Å²) >= 11 is 3.35. The van der Waals surface area contributed by atoms with E-state index in [1.165, 1.54) is 17.0 Å². The molecule has 4 rings (SSSR count). The third kappa shape index (κ3) is 8.53. The first kappa shape index (κ1) is 33.3. The minimum absolute atomic E-state index is 0.0322. The molecule has 44 heavy (non-hydrogen) atoms. The number of amides is 2. The maximum Gasteiger partial charge on any atom is 0.264 e. The largest absolute Gasteiger partial charge is 0.497 e. The van der Waals surface area contributed by atoms with Crippen LogP contribution in [-0.4, -0.2) is 57.5 Å². The van der Waals surface area contributed by atoms with Crippen molar-refractivity contribution in [1.29, 1.82) is 0 Å². The predicted molar refractivity (Wildman–Crippen MR) is 174 cm³/mol. The second-order valence-electron chi connectivity index (χ2n) is 10.8. The minimum atomic E-state index is -4.17. The van der Waals surface area contributed by atoms with Crippen molar-refractivity contribution in [3.8, 4) is 11.5 Å². The summed E-state index contributed by atoms with van der Waals surface area (Å²) < 4.78 is 40.8. The molecule has 1 atom stereocenters. The summed E-state index contributed by atoms with van der Waals surface area (Å²) in [6.45, 7) is 3.57. The van der Waals surface area contributed by atoms with E-state index in [2.05, 4.69) is 21.2 Å². The van der Waals surface area contributed by atoms with Crippen LogP contribution in [0, 0.1) is 0 Å². The molecule has 9 nitrogen and oxygen atoms in total. The molecule has 0 spiro atoms. The van der Waals surface area contributed by atoms with Gasteiger partial charge >= 0.3 is 0 Å². The zero-order valence-corrected chi connectivity index (χ0v) is 27.8. The number of benzene rings is 3. The van der Waals surface area contributed by atoms with Crippen LogP contribution in [0.3, 0.4) is 0 Å². The summed E-state index contributed by atoms with van der Waals surface area (Å²) in [7, 11) is -2.61. The van der Waals surface area contributed by atoms with Gasteiger partial charge in [-0.3, -0.25) is 13.9 Å². The fourth-order valence-electron chi connectivity index (χ4n) is 5.26. The molecule has 0 aromatic heterocycles.